The lowest BCUT2D eigenvalue weighted by atomic mass is 10.4. The lowest BCUT2D eigenvalue weighted by Gasteiger charge is -2.17. The molecule has 1 amide bonds. The van der Waals surface area contributed by atoms with Crippen molar-refractivity contribution in [2.75, 3.05) is 19.6 Å². The Morgan fingerprint density at radius 3 is 2.39 bits per heavy atom. The average molecular weight is 426 g/mol. The van der Waals surface area contributed by atoms with Gasteiger partial charge in [0.15, 0.2) is 9.84 Å². The van der Waals surface area contributed by atoms with Crippen molar-refractivity contribution in [3.05, 3.63) is 60.4 Å². The van der Waals surface area contributed by atoms with E-state index < -0.39 is 43.4 Å². The molecule has 2 aromatic carbocycles. The zero-order chi connectivity index (χ0) is 20.4. The minimum atomic E-state index is -4.05. The number of amides is 1. The molecule has 0 radical (unpaired) electrons. The van der Waals surface area contributed by atoms with E-state index in [1.54, 1.807) is 18.2 Å². The lowest BCUT2D eigenvalue weighted by molar-refractivity contribution is -0.128. The van der Waals surface area contributed by atoms with Crippen molar-refractivity contribution in [2.24, 2.45) is 0 Å². The Bertz CT molecular complexity index is 1070. The molecule has 10 heteroatoms. The fraction of sp³-hybridized carbons (Fsp3) is 0.278. The molecule has 3 rings (SSSR count). The molecule has 150 valence electrons. The number of hydrogen-bond acceptors (Lipinski definition) is 5. The maximum absolute atomic E-state index is 13.2. The number of sulfone groups is 1. The summed E-state index contributed by atoms with van der Waals surface area (Å²) in [6, 6.07) is 12.4. The highest BCUT2D eigenvalue weighted by atomic mass is 32.2. The second-order valence-electron chi connectivity index (χ2n) is 6.39. The first-order valence-corrected chi connectivity index (χ1v) is 11.5. The number of nitrogens with one attached hydrogen (secondary N) is 1. The minimum absolute atomic E-state index is 0.00223. The van der Waals surface area contributed by atoms with Crippen LogP contribution >= 0.6 is 0 Å². The minimum Gasteiger partial charge on any atom is -0.340 e. The zero-order valence-electron chi connectivity index (χ0n) is 14.8. The van der Waals surface area contributed by atoms with Gasteiger partial charge in [-0.2, -0.15) is 0 Å². The molecule has 7 nitrogen and oxygen atoms in total. The molecule has 1 unspecified atom stereocenters. The van der Waals surface area contributed by atoms with E-state index in [0.717, 1.165) is 12.1 Å². The molecule has 0 bridgehead atoms. The Morgan fingerprint density at radius 1 is 1.04 bits per heavy atom. The Labute approximate surface area is 163 Å². The van der Waals surface area contributed by atoms with Crippen LogP contribution in [0, 0.1) is 5.82 Å². The number of rotatable bonds is 6. The summed E-state index contributed by atoms with van der Waals surface area (Å²) in [6.45, 7) is -0.314. The number of carbonyl (C=O) groups excluding carboxylic acids is 1. The summed E-state index contributed by atoms with van der Waals surface area (Å²) >= 11 is 0. The van der Waals surface area contributed by atoms with Gasteiger partial charge in [-0.15, -0.1) is 0 Å². The molecule has 1 atom stereocenters. The summed E-state index contributed by atoms with van der Waals surface area (Å²) in [5.74, 6) is -1.24. The van der Waals surface area contributed by atoms with E-state index in [4.69, 9.17) is 0 Å². The van der Waals surface area contributed by atoms with Gasteiger partial charge < -0.3 is 4.90 Å². The molecular weight excluding hydrogens is 407 g/mol. The predicted octanol–water partition coefficient (Wildman–Crippen LogP) is 1.18. The van der Waals surface area contributed by atoms with Crippen LogP contribution in [0.2, 0.25) is 0 Å². The molecule has 1 aliphatic heterocycles. The van der Waals surface area contributed by atoms with Crippen LogP contribution in [-0.4, -0.2) is 52.5 Å². The summed E-state index contributed by atoms with van der Waals surface area (Å²) < 4.78 is 65.0. The highest BCUT2D eigenvalue weighted by Gasteiger charge is 2.36. The summed E-state index contributed by atoms with van der Waals surface area (Å²) in [6.07, 6.45) is 0.277. The van der Waals surface area contributed by atoms with Crippen LogP contribution in [-0.2, 0) is 24.7 Å². The first kappa shape index (κ1) is 20.4. The number of halogens is 1. The number of nitrogens with zero attached hydrogens (tertiary/aromatic N) is 1. The summed E-state index contributed by atoms with van der Waals surface area (Å²) in [5.41, 5.74) is 0. The SMILES string of the molecule is O=C(CNS(=O)(=O)c1cccc(F)c1)N1CCC(S(=O)(=O)c2ccccc2)C1. The fourth-order valence-electron chi connectivity index (χ4n) is 3.00. The van der Waals surface area contributed by atoms with Crippen LogP contribution < -0.4 is 4.72 Å². The quantitative estimate of drug-likeness (QED) is 0.748. The van der Waals surface area contributed by atoms with Crippen molar-refractivity contribution in [1.82, 2.24) is 9.62 Å². The van der Waals surface area contributed by atoms with Crippen molar-refractivity contribution in [3.8, 4) is 0 Å². The van der Waals surface area contributed by atoms with Gasteiger partial charge in [0.25, 0.3) is 0 Å². The van der Waals surface area contributed by atoms with Crippen LogP contribution in [0.1, 0.15) is 6.42 Å². The topological polar surface area (TPSA) is 101 Å². The Balaban J connectivity index is 1.62. The zero-order valence-corrected chi connectivity index (χ0v) is 16.4. The predicted molar refractivity (Wildman–Crippen MR) is 100 cm³/mol. The average Bonchev–Trinajstić information content (AvgIpc) is 3.18. The van der Waals surface area contributed by atoms with Gasteiger partial charge in [0, 0.05) is 13.1 Å². The fourth-order valence-corrected chi connectivity index (χ4v) is 5.72. The van der Waals surface area contributed by atoms with Crippen LogP contribution in [0.3, 0.4) is 0 Å². The van der Waals surface area contributed by atoms with Crippen LogP contribution in [0.5, 0.6) is 0 Å². The van der Waals surface area contributed by atoms with Crippen molar-refractivity contribution in [3.63, 3.8) is 0 Å². The van der Waals surface area contributed by atoms with Gasteiger partial charge in [-0.25, -0.2) is 25.9 Å². The summed E-state index contributed by atoms with van der Waals surface area (Å²) in [5, 5.41) is -0.737. The van der Waals surface area contributed by atoms with E-state index in [-0.39, 0.29) is 29.3 Å². The standard InChI is InChI=1S/C18H19FN2O5S2/c19-14-5-4-8-16(11-14)28(25,26)20-12-18(22)21-10-9-17(13-21)27(23,24)15-6-2-1-3-7-15/h1-8,11,17,20H,9-10,12-13H2. The normalized spacial score (nSPS) is 17.6. The number of hydrogen-bond donors (Lipinski definition) is 1. The smallest absolute Gasteiger partial charge is 0.241 e. The maximum atomic E-state index is 13.2. The molecule has 0 aliphatic carbocycles. The van der Waals surface area contributed by atoms with Crippen molar-refractivity contribution in [1.29, 1.82) is 0 Å². The number of benzene rings is 2. The molecule has 1 N–H and O–H groups in total. The highest BCUT2D eigenvalue weighted by Crippen LogP contribution is 2.23. The van der Waals surface area contributed by atoms with Crippen LogP contribution in [0.15, 0.2) is 64.4 Å². The third-order valence-corrected chi connectivity index (χ3v) is 8.12. The van der Waals surface area contributed by atoms with Gasteiger partial charge in [-0.3, -0.25) is 4.79 Å². The van der Waals surface area contributed by atoms with Gasteiger partial charge in [0.1, 0.15) is 5.82 Å². The molecule has 2 aromatic rings. The number of likely N-dealkylation sites (tertiary alicyclic amines) is 1. The maximum Gasteiger partial charge on any atom is 0.241 e. The molecule has 1 aliphatic rings. The Morgan fingerprint density at radius 2 is 1.71 bits per heavy atom. The summed E-state index contributed by atoms with van der Waals surface area (Å²) in [7, 11) is -7.62. The molecule has 1 saturated heterocycles. The van der Waals surface area contributed by atoms with Crippen molar-refractivity contribution >= 4 is 25.8 Å². The third kappa shape index (κ3) is 4.40. The van der Waals surface area contributed by atoms with Crippen LogP contribution in [0.4, 0.5) is 4.39 Å². The Kier molecular flexibility index (Phi) is 5.82. The second kappa shape index (κ2) is 7.98. The lowest BCUT2D eigenvalue weighted by Crippen LogP contribution is -2.40. The molecule has 0 aromatic heterocycles. The van der Waals surface area contributed by atoms with Gasteiger partial charge in [0.2, 0.25) is 15.9 Å². The molecule has 28 heavy (non-hydrogen) atoms. The van der Waals surface area contributed by atoms with E-state index in [9.17, 15) is 26.0 Å². The van der Waals surface area contributed by atoms with Gasteiger partial charge in [0.05, 0.1) is 21.6 Å². The first-order chi connectivity index (χ1) is 13.2. The van der Waals surface area contributed by atoms with Gasteiger partial charge >= 0.3 is 0 Å². The molecule has 0 spiro atoms. The van der Waals surface area contributed by atoms with E-state index in [1.807, 2.05) is 0 Å². The molecule has 1 heterocycles. The number of carbonyl (C=O) groups is 1. The number of sulfonamides is 1. The Hall–Kier alpha value is -2.30. The second-order valence-corrected chi connectivity index (χ2v) is 10.4. The third-order valence-electron chi connectivity index (χ3n) is 4.53. The van der Waals surface area contributed by atoms with E-state index in [2.05, 4.69) is 4.72 Å². The molecular formula is C18H19FN2O5S2. The molecule has 0 saturated carbocycles. The summed E-state index contributed by atoms with van der Waals surface area (Å²) in [4.78, 5) is 13.6. The van der Waals surface area contributed by atoms with Crippen molar-refractivity contribution in [2.45, 2.75) is 21.5 Å². The van der Waals surface area contributed by atoms with E-state index in [1.165, 1.54) is 29.2 Å². The highest BCUT2D eigenvalue weighted by molar-refractivity contribution is 7.92. The first-order valence-electron chi connectivity index (χ1n) is 8.52. The largest absolute Gasteiger partial charge is 0.340 e. The van der Waals surface area contributed by atoms with Crippen LogP contribution in [0.25, 0.3) is 0 Å². The van der Waals surface area contributed by atoms with E-state index >= 15 is 0 Å². The van der Waals surface area contributed by atoms with Crippen molar-refractivity contribution < 1.29 is 26.0 Å². The monoisotopic (exact) mass is 426 g/mol. The van der Waals surface area contributed by atoms with Gasteiger partial charge in [-0.05, 0) is 36.8 Å². The van der Waals surface area contributed by atoms with Gasteiger partial charge in [-0.1, -0.05) is 24.3 Å². The molecule has 1 fully saturated rings. The van der Waals surface area contributed by atoms with E-state index in [0.29, 0.717) is 0 Å².